The summed E-state index contributed by atoms with van der Waals surface area (Å²) in [7, 11) is 0. The number of aromatic nitrogens is 3. The lowest BCUT2D eigenvalue weighted by atomic mass is 10.1. The number of carbonyl (C=O) groups is 2. The molecule has 8 nitrogen and oxygen atoms in total. The highest BCUT2D eigenvalue weighted by molar-refractivity contribution is 6.05. The Hall–Kier alpha value is -3.76. The van der Waals surface area contributed by atoms with E-state index in [1.807, 2.05) is 35.2 Å². The summed E-state index contributed by atoms with van der Waals surface area (Å²) in [5.41, 5.74) is 4.81. The normalized spacial score (nSPS) is 15.7. The van der Waals surface area contributed by atoms with Crippen molar-refractivity contribution in [3.05, 3.63) is 59.0 Å². The fourth-order valence-electron chi connectivity index (χ4n) is 4.48. The SMILES string of the molecule is Cc1nc(N2CCCC2)nc2c1CCN(C(=O)c1cccc3cccnc13)CC2.O=C(O)C(F)(F)F. The highest BCUT2D eigenvalue weighted by Gasteiger charge is 2.38. The van der Waals surface area contributed by atoms with Gasteiger partial charge in [0.1, 0.15) is 0 Å². The predicted octanol–water partition coefficient (Wildman–Crippen LogP) is 3.81. The standard InChI is InChI=1S/C23H25N5O.C2HF3O2/c1-16-18-9-14-27(15-10-20(18)26-23(25-16)28-12-2-3-13-28)22(29)19-8-4-6-17-7-5-11-24-21(17)19;3-2(4,5)1(6)7/h4-8,11H,2-3,9-10,12-15H2,1H3;(H,6,7). The molecule has 5 rings (SSSR count). The van der Waals surface area contributed by atoms with Crippen molar-refractivity contribution in [3.8, 4) is 0 Å². The van der Waals surface area contributed by atoms with E-state index in [1.54, 1.807) is 6.20 Å². The smallest absolute Gasteiger partial charge is 0.475 e. The number of rotatable bonds is 2. The maximum atomic E-state index is 13.3. The zero-order valence-electron chi connectivity index (χ0n) is 19.8. The zero-order valence-corrected chi connectivity index (χ0v) is 19.8. The third-order valence-corrected chi connectivity index (χ3v) is 6.32. The monoisotopic (exact) mass is 501 g/mol. The van der Waals surface area contributed by atoms with Crippen LogP contribution in [0.25, 0.3) is 10.9 Å². The van der Waals surface area contributed by atoms with Crippen LogP contribution in [0.15, 0.2) is 36.5 Å². The Balaban J connectivity index is 0.000000384. The Morgan fingerprint density at radius 2 is 1.64 bits per heavy atom. The van der Waals surface area contributed by atoms with E-state index in [1.165, 1.54) is 18.4 Å². The van der Waals surface area contributed by atoms with Crippen LogP contribution in [0.2, 0.25) is 0 Å². The van der Waals surface area contributed by atoms with Crippen LogP contribution in [0.3, 0.4) is 0 Å². The molecule has 1 saturated heterocycles. The Morgan fingerprint density at radius 3 is 2.33 bits per heavy atom. The zero-order chi connectivity index (χ0) is 25.9. The number of aliphatic carboxylic acids is 1. The second kappa shape index (κ2) is 10.5. The van der Waals surface area contributed by atoms with Crippen LogP contribution in [0.5, 0.6) is 0 Å². The number of nitrogens with zero attached hydrogens (tertiary/aromatic N) is 5. The number of pyridine rings is 1. The van der Waals surface area contributed by atoms with E-state index >= 15 is 0 Å². The van der Waals surface area contributed by atoms with Crippen LogP contribution < -0.4 is 4.90 Å². The number of alkyl halides is 3. The lowest BCUT2D eigenvalue weighted by Crippen LogP contribution is -2.33. The molecular formula is C25H26F3N5O3. The highest BCUT2D eigenvalue weighted by Crippen LogP contribution is 2.24. The molecule has 3 aromatic rings. The van der Waals surface area contributed by atoms with E-state index in [2.05, 4.69) is 16.8 Å². The number of carbonyl (C=O) groups excluding carboxylic acids is 1. The summed E-state index contributed by atoms with van der Waals surface area (Å²) >= 11 is 0. The van der Waals surface area contributed by atoms with Gasteiger partial charge in [-0.2, -0.15) is 13.2 Å². The second-order valence-corrected chi connectivity index (χ2v) is 8.70. The molecule has 2 aromatic heterocycles. The molecule has 0 unspecified atom stereocenters. The van der Waals surface area contributed by atoms with Crippen molar-refractivity contribution in [1.82, 2.24) is 19.9 Å². The number of para-hydroxylation sites is 1. The molecule has 2 aliphatic rings. The molecule has 2 aliphatic heterocycles. The predicted molar refractivity (Wildman–Crippen MR) is 127 cm³/mol. The summed E-state index contributed by atoms with van der Waals surface area (Å²) in [5.74, 6) is -1.85. The van der Waals surface area contributed by atoms with E-state index in [0.29, 0.717) is 18.7 Å². The average molecular weight is 502 g/mol. The van der Waals surface area contributed by atoms with Gasteiger partial charge in [0.15, 0.2) is 0 Å². The van der Waals surface area contributed by atoms with Crippen LogP contribution in [0.1, 0.15) is 40.2 Å². The van der Waals surface area contributed by atoms with Crippen LogP contribution in [0, 0.1) is 6.92 Å². The summed E-state index contributed by atoms with van der Waals surface area (Å²) in [4.78, 5) is 40.6. The lowest BCUT2D eigenvalue weighted by Gasteiger charge is -2.20. The maximum absolute atomic E-state index is 13.3. The summed E-state index contributed by atoms with van der Waals surface area (Å²) in [6, 6.07) is 9.71. The average Bonchev–Trinajstić information content (AvgIpc) is 3.30. The largest absolute Gasteiger partial charge is 0.490 e. The summed E-state index contributed by atoms with van der Waals surface area (Å²) in [5, 5.41) is 8.12. The molecule has 0 saturated carbocycles. The molecule has 0 atom stereocenters. The summed E-state index contributed by atoms with van der Waals surface area (Å²) in [6.07, 6.45) is 0.646. The van der Waals surface area contributed by atoms with Crippen molar-refractivity contribution in [2.24, 2.45) is 0 Å². The first-order valence-corrected chi connectivity index (χ1v) is 11.7. The third-order valence-electron chi connectivity index (χ3n) is 6.32. The van der Waals surface area contributed by atoms with Crippen molar-refractivity contribution < 1.29 is 27.9 Å². The van der Waals surface area contributed by atoms with Crippen molar-refractivity contribution >= 4 is 28.7 Å². The molecule has 1 fully saturated rings. The fraction of sp³-hybridized carbons (Fsp3) is 0.400. The van der Waals surface area contributed by atoms with Gasteiger partial charge < -0.3 is 14.9 Å². The minimum Gasteiger partial charge on any atom is -0.475 e. The Bertz CT molecular complexity index is 1270. The Morgan fingerprint density at radius 1 is 0.972 bits per heavy atom. The molecule has 11 heteroatoms. The van der Waals surface area contributed by atoms with Crippen LogP contribution in [0.4, 0.5) is 19.1 Å². The van der Waals surface area contributed by atoms with Crippen molar-refractivity contribution in [2.75, 3.05) is 31.1 Å². The number of aryl methyl sites for hydroxylation is 1. The number of carboxylic acids is 1. The van der Waals surface area contributed by atoms with Crippen LogP contribution in [-0.4, -0.2) is 69.2 Å². The van der Waals surface area contributed by atoms with E-state index < -0.39 is 12.1 Å². The first kappa shape index (κ1) is 25.3. The van der Waals surface area contributed by atoms with Gasteiger partial charge in [-0.25, -0.2) is 14.8 Å². The first-order valence-electron chi connectivity index (χ1n) is 11.7. The Labute approximate surface area is 205 Å². The number of fused-ring (bicyclic) bond motifs is 2. The van der Waals surface area contributed by atoms with Gasteiger partial charge >= 0.3 is 12.1 Å². The fourth-order valence-corrected chi connectivity index (χ4v) is 4.48. The quantitative estimate of drug-likeness (QED) is 0.570. The second-order valence-electron chi connectivity index (χ2n) is 8.70. The van der Waals surface area contributed by atoms with Gasteiger partial charge in [-0.05, 0) is 43.9 Å². The number of hydrogen-bond donors (Lipinski definition) is 1. The number of benzene rings is 1. The summed E-state index contributed by atoms with van der Waals surface area (Å²) in [6.45, 7) is 5.51. The highest BCUT2D eigenvalue weighted by atomic mass is 19.4. The van der Waals surface area contributed by atoms with Crippen molar-refractivity contribution in [1.29, 1.82) is 0 Å². The third kappa shape index (κ3) is 5.55. The van der Waals surface area contributed by atoms with E-state index in [-0.39, 0.29) is 5.91 Å². The van der Waals surface area contributed by atoms with Crippen LogP contribution >= 0.6 is 0 Å². The molecule has 0 radical (unpaired) electrons. The van der Waals surface area contributed by atoms with Crippen LogP contribution in [-0.2, 0) is 17.6 Å². The van der Waals surface area contributed by atoms with Gasteiger partial charge in [0.25, 0.3) is 5.91 Å². The first-order chi connectivity index (χ1) is 17.1. The van der Waals surface area contributed by atoms with Gasteiger partial charge in [0.2, 0.25) is 5.95 Å². The van der Waals surface area contributed by atoms with Gasteiger partial charge in [-0.1, -0.05) is 18.2 Å². The van der Waals surface area contributed by atoms with E-state index in [9.17, 15) is 18.0 Å². The molecule has 36 heavy (non-hydrogen) atoms. The lowest BCUT2D eigenvalue weighted by molar-refractivity contribution is -0.192. The minimum atomic E-state index is -5.08. The molecule has 190 valence electrons. The van der Waals surface area contributed by atoms with E-state index in [4.69, 9.17) is 19.9 Å². The molecule has 0 aliphatic carbocycles. The van der Waals surface area contributed by atoms with Gasteiger partial charge in [-0.15, -0.1) is 0 Å². The number of anilines is 1. The summed E-state index contributed by atoms with van der Waals surface area (Å²) < 4.78 is 31.7. The number of carboxylic acid groups (broad SMARTS) is 1. The molecule has 0 spiro atoms. The molecule has 1 amide bonds. The number of hydrogen-bond acceptors (Lipinski definition) is 6. The molecule has 0 bridgehead atoms. The topological polar surface area (TPSA) is 99.5 Å². The molecule has 1 aromatic carbocycles. The molecule has 1 N–H and O–H groups in total. The van der Waals surface area contributed by atoms with Crippen molar-refractivity contribution in [3.63, 3.8) is 0 Å². The van der Waals surface area contributed by atoms with Gasteiger partial charge in [0, 0.05) is 49.9 Å². The molecular weight excluding hydrogens is 475 g/mol. The maximum Gasteiger partial charge on any atom is 0.490 e. The Kier molecular flexibility index (Phi) is 7.37. The minimum absolute atomic E-state index is 0.0486. The number of amides is 1. The van der Waals surface area contributed by atoms with Gasteiger partial charge in [0.05, 0.1) is 16.8 Å². The molecule has 4 heterocycles. The van der Waals surface area contributed by atoms with Gasteiger partial charge in [-0.3, -0.25) is 9.78 Å². The number of halogens is 3. The van der Waals surface area contributed by atoms with E-state index in [0.717, 1.165) is 54.2 Å². The van der Waals surface area contributed by atoms with Crippen molar-refractivity contribution in [2.45, 2.75) is 38.8 Å².